The fourth-order valence-corrected chi connectivity index (χ4v) is 2.20. The largest absolute Gasteiger partial charge is 0.316 e. The summed E-state index contributed by atoms with van der Waals surface area (Å²) in [6.07, 6.45) is 1.19. The zero-order chi connectivity index (χ0) is 11.4. The first-order chi connectivity index (χ1) is 7.78. The second kappa shape index (κ2) is 5.18. The van der Waals surface area contributed by atoms with E-state index in [0.717, 1.165) is 27.5 Å². The number of aldehydes is 1. The van der Waals surface area contributed by atoms with E-state index in [-0.39, 0.29) is 0 Å². The monoisotopic (exact) mass is 297 g/mol. The van der Waals surface area contributed by atoms with Gasteiger partial charge in [0.15, 0.2) is 5.13 Å². The fourth-order valence-electron chi connectivity index (χ4n) is 1.13. The van der Waals surface area contributed by atoms with Crippen LogP contribution in [0.5, 0.6) is 0 Å². The van der Waals surface area contributed by atoms with Crippen molar-refractivity contribution in [3.63, 3.8) is 0 Å². The molecule has 2 heterocycles. The molecule has 0 aromatic carbocycles. The number of carbonyl (C=O) groups is 1. The molecule has 0 saturated heterocycles. The van der Waals surface area contributed by atoms with Crippen molar-refractivity contribution in [2.75, 3.05) is 5.32 Å². The van der Waals surface area contributed by atoms with Crippen LogP contribution in [0.15, 0.2) is 28.2 Å². The maximum absolute atomic E-state index is 10.3. The predicted molar refractivity (Wildman–Crippen MR) is 67.1 cm³/mol. The molecule has 0 amide bonds. The summed E-state index contributed by atoms with van der Waals surface area (Å²) in [4.78, 5) is 18.8. The van der Waals surface area contributed by atoms with E-state index in [1.165, 1.54) is 11.3 Å². The van der Waals surface area contributed by atoms with E-state index in [9.17, 15) is 4.79 Å². The lowest BCUT2D eigenvalue weighted by Crippen LogP contribution is -1.93. The summed E-state index contributed by atoms with van der Waals surface area (Å²) >= 11 is 4.74. The van der Waals surface area contributed by atoms with Crippen molar-refractivity contribution in [2.24, 2.45) is 0 Å². The van der Waals surface area contributed by atoms with Crippen molar-refractivity contribution in [3.8, 4) is 0 Å². The zero-order valence-electron chi connectivity index (χ0n) is 8.18. The summed E-state index contributed by atoms with van der Waals surface area (Å²) < 4.78 is 0.766. The molecule has 1 N–H and O–H groups in total. The van der Waals surface area contributed by atoms with Crippen molar-refractivity contribution in [1.29, 1.82) is 0 Å². The summed E-state index contributed by atoms with van der Waals surface area (Å²) in [5, 5.41) is 5.67. The van der Waals surface area contributed by atoms with E-state index in [1.54, 1.807) is 0 Å². The van der Waals surface area contributed by atoms with Crippen LogP contribution < -0.4 is 5.32 Å². The van der Waals surface area contributed by atoms with Gasteiger partial charge in [-0.05, 0) is 28.1 Å². The molecular weight excluding hydrogens is 290 g/mol. The van der Waals surface area contributed by atoms with Crippen LogP contribution >= 0.6 is 27.3 Å². The molecular formula is C10H8BrN3OS. The van der Waals surface area contributed by atoms with E-state index in [0.29, 0.717) is 6.42 Å². The predicted octanol–water partition coefficient (Wildman–Crippen LogP) is 2.79. The van der Waals surface area contributed by atoms with Gasteiger partial charge in [0, 0.05) is 11.8 Å². The Morgan fingerprint density at radius 2 is 2.31 bits per heavy atom. The van der Waals surface area contributed by atoms with Crippen molar-refractivity contribution in [3.05, 3.63) is 33.9 Å². The number of halogens is 1. The number of pyridine rings is 1. The van der Waals surface area contributed by atoms with E-state index in [4.69, 9.17) is 0 Å². The van der Waals surface area contributed by atoms with Crippen LogP contribution in [-0.2, 0) is 11.2 Å². The molecule has 0 unspecified atom stereocenters. The number of aromatic nitrogens is 2. The molecule has 0 aliphatic heterocycles. The normalized spacial score (nSPS) is 10.1. The molecule has 6 heteroatoms. The van der Waals surface area contributed by atoms with Gasteiger partial charge in [-0.15, -0.1) is 11.3 Å². The average Bonchev–Trinajstić information content (AvgIpc) is 2.66. The maximum atomic E-state index is 10.3. The molecule has 0 spiro atoms. The highest BCUT2D eigenvalue weighted by Gasteiger charge is 2.02. The van der Waals surface area contributed by atoms with E-state index < -0.39 is 0 Å². The zero-order valence-corrected chi connectivity index (χ0v) is 10.6. The van der Waals surface area contributed by atoms with Gasteiger partial charge in [-0.1, -0.05) is 6.07 Å². The Bertz CT molecular complexity index is 500. The first kappa shape index (κ1) is 11.2. The fraction of sp³-hybridized carbons (Fsp3) is 0.100. The Morgan fingerprint density at radius 1 is 1.44 bits per heavy atom. The van der Waals surface area contributed by atoms with E-state index in [2.05, 4.69) is 31.2 Å². The van der Waals surface area contributed by atoms with E-state index in [1.807, 2.05) is 23.6 Å². The molecule has 16 heavy (non-hydrogen) atoms. The Hall–Kier alpha value is -1.27. The van der Waals surface area contributed by atoms with Gasteiger partial charge in [0.2, 0.25) is 0 Å². The number of anilines is 2. The quantitative estimate of drug-likeness (QED) is 0.696. The molecule has 0 aliphatic rings. The number of hydrogen-bond acceptors (Lipinski definition) is 5. The van der Waals surface area contributed by atoms with Crippen LogP contribution in [0.25, 0.3) is 0 Å². The van der Waals surface area contributed by atoms with Crippen LogP contribution in [-0.4, -0.2) is 16.3 Å². The molecule has 4 nitrogen and oxygen atoms in total. The maximum Gasteiger partial charge on any atom is 0.188 e. The highest BCUT2D eigenvalue weighted by Crippen LogP contribution is 2.20. The second-order valence-corrected chi connectivity index (χ2v) is 4.66. The first-order valence-electron chi connectivity index (χ1n) is 4.55. The van der Waals surface area contributed by atoms with Crippen molar-refractivity contribution in [1.82, 2.24) is 9.97 Å². The summed E-state index contributed by atoms with van der Waals surface area (Å²) in [5.74, 6) is 0.723. The van der Waals surface area contributed by atoms with Crippen molar-refractivity contribution < 1.29 is 4.79 Å². The molecule has 0 aliphatic carbocycles. The van der Waals surface area contributed by atoms with Crippen molar-refractivity contribution >= 4 is 44.5 Å². The lowest BCUT2D eigenvalue weighted by molar-refractivity contribution is -0.107. The highest BCUT2D eigenvalue weighted by molar-refractivity contribution is 9.10. The molecule has 0 saturated carbocycles. The number of nitrogens with one attached hydrogen (secondary N) is 1. The third-order valence-corrected chi connectivity index (χ3v) is 3.04. The number of hydrogen-bond donors (Lipinski definition) is 1. The van der Waals surface area contributed by atoms with Crippen molar-refractivity contribution in [2.45, 2.75) is 6.42 Å². The topological polar surface area (TPSA) is 54.9 Å². The smallest absolute Gasteiger partial charge is 0.188 e. The molecule has 0 fully saturated rings. The first-order valence-corrected chi connectivity index (χ1v) is 6.23. The van der Waals surface area contributed by atoms with Gasteiger partial charge in [-0.2, -0.15) is 0 Å². The summed E-state index contributed by atoms with van der Waals surface area (Å²) in [6, 6.07) is 5.59. The summed E-state index contributed by atoms with van der Waals surface area (Å²) in [6.45, 7) is 0. The number of thiazole rings is 1. The van der Waals surface area contributed by atoms with Gasteiger partial charge in [0.25, 0.3) is 0 Å². The van der Waals surface area contributed by atoms with Crippen LogP contribution in [0.4, 0.5) is 10.9 Å². The van der Waals surface area contributed by atoms with Gasteiger partial charge < -0.3 is 10.1 Å². The van der Waals surface area contributed by atoms with Gasteiger partial charge in [0.05, 0.1) is 5.69 Å². The number of rotatable bonds is 4. The third-order valence-electron chi connectivity index (χ3n) is 1.79. The van der Waals surface area contributed by atoms with Gasteiger partial charge in [0.1, 0.15) is 16.7 Å². The van der Waals surface area contributed by atoms with Gasteiger partial charge in [-0.25, -0.2) is 9.97 Å². The van der Waals surface area contributed by atoms with Gasteiger partial charge in [-0.3, -0.25) is 0 Å². The molecule has 2 aromatic heterocycles. The number of nitrogens with zero attached hydrogens (tertiary/aromatic N) is 2. The minimum absolute atomic E-state index is 0.351. The minimum atomic E-state index is 0.351. The summed E-state index contributed by atoms with van der Waals surface area (Å²) in [5.41, 5.74) is 0.775. The molecule has 0 radical (unpaired) electrons. The van der Waals surface area contributed by atoms with Crippen LogP contribution in [0, 0.1) is 0 Å². The lowest BCUT2D eigenvalue weighted by atomic mass is 10.4. The third kappa shape index (κ3) is 2.86. The van der Waals surface area contributed by atoms with Crippen LogP contribution in [0.2, 0.25) is 0 Å². The van der Waals surface area contributed by atoms with E-state index >= 15 is 0 Å². The minimum Gasteiger partial charge on any atom is -0.316 e. The molecule has 2 aromatic rings. The molecule has 0 bridgehead atoms. The SMILES string of the molecule is O=CCc1csc(Nc2cccc(Br)n2)n1. The lowest BCUT2D eigenvalue weighted by Gasteiger charge is -2.00. The van der Waals surface area contributed by atoms with Crippen LogP contribution in [0.1, 0.15) is 5.69 Å². The standard InChI is InChI=1S/C10H8BrN3OS/c11-8-2-1-3-9(13-8)14-10-12-7(4-5-15)6-16-10/h1-3,5-6H,4H2,(H,12,13,14). The van der Waals surface area contributed by atoms with Crippen LogP contribution in [0.3, 0.4) is 0 Å². The average molecular weight is 298 g/mol. The Balaban J connectivity index is 2.11. The molecule has 0 atom stereocenters. The Morgan fingerprint density at radius 3 is 3.06 bits per heavy atom. The Labute approximate surface area is 105 Å². The molecule has 82 valence electrons. The Kier molecular flexibility index (Phi) is 3.63. The van der Waals surface area contributed by atoms with Gasteiger partial charge >= 0.3 is 0 Å². The highest BCUT2D eigenvalue weighted by atomic mass is 79.9. The summed E-state index contributed by atoms with van der Waals surface area (Å²) in [7, 11) is 0. The molecule has 2 rings (SSSR count). The number of carbonyl (C=O) groups excluding carboxylic acids is 1. The second-order valence-electron chi connectivity index (χ2n) is 2.99.